The number of piperidine rings is 1. The van der Waals surface area contributed by atoms with Gasteiger partial charge >= 0.3 is 12.2 Å². The minimum atomic E-state index is -4.41. The molecule has 0 bridgehead atoms. The Bertz CT molecular complexity index is 353. The normalized spacial score (nSPS) is 18.9. The van der Waals surface area contributed by atoms with Crippen molar-refractivity contribution >= 4 is 11.9 Å². The Labute approximate surface area is 114 Å². The fourth-order valence-corrected chi connectivity index (χ4v) is 1.91. The van der Waals surface area contributed by atoms with Crippen molar-refractivity contribution < 1.29 is 23.2 Å². The van der Waals surface area contributed by atoms with E-state index >= 15 is 0 Å². The summed E-state index contributed by atoms with van der Waals surface area (Å²) in [5, 5.41) is 15.6. The van der Waals surface area contributed by atoms with Crippen LogP contribution in [0.3, 0.4) is 0 Å². The fraction of sp³-hybridized carbons (Fsp3) is 0.800. The summed E-state index contributed by atoms with van der Waals surface area (Å²) in [6.07, 6.45) is -3.22. The number of nitrogens with zero attached hydrogens (tertiary/aromatic N) is 2. The second-order valence-electron chi connectivity index (χ2n) is 4.58. The number of nitrogens with two attached hydrogens (primary N) is 1. The largest absolute Gasteiger partial charge is 0.409 e. The van der Waals surface area contributed by atoms with Gasteiger partial charge in [-0.15, -0.1) is 0 Å². The maximum absolute atomic E-state index is 11.9. The third-order valence-electron chi connectivity index (χ3n) is 2.89. The summed E-state index contributed by atoms with van der Waals surface area (Å²) in [6, 6.07) is -0.996. The van der Waals surface area contributed by atoms with E-state index in [1.165, 1.54) is 0 Å². The third kappa shape index (κ3) is 6.45. The molecule has 0 radical (unpaired) electrons. The molecule has 0 unspecified atom stereocenters. The molecule has 1 saturated heterocycles. The Hall–Kier alpha value is -1.71. The van der Waals surface area contributed by atoms with Crippen molar-refractivity contribution in [2.45, 2.75) is 25.1 Å². The molecule has 0 aromatic heterocycles. The number of hydrogen-bond donors (Lipinski definition) is 4. The van der Waals surface area contributed by atoms with E-state index in [-0.39, 0.29) is 11.9 Å². The van der Waals surface area contributed by atoms with Gasteiger partial charge < -0.3 is 21.6 Å². The Morgan fingerprint density at radius 3 is 2.50 bits per heavy atom. The Morgan fingerprint density at radius 1 is 1.40 bits per heavy atom. The van der Waals surface area contributed by atoms with E-state index < -0.39 is 18.8 Å². The third-order valence-corrected chi connectivity index (χ3v) is 2.89. The molecule has 0 aliphatic carbocycles. The van der Waals surface area contributed by atoms with Crippen LogP contribution in [0.5, 0.6) is 0 Å². The van der Waals surface area contributed by atoms with Gasteiger partial charge in [0.15, 0.2) is 5.84 Å². The topological polar surface area (TPSA) is 103 Å². The van der Waals surface area contributed by atoms with Crippen molar-refractivity contribution in [1.29, 1.82) is 0 Å². The summed E-state index contributed by atoms with van der Waals surface area (Å²) in [5.41, 5.74) is 5.37. The van der Waals surface area contributed by atoms with Crippen molar-refractivity contribution in [3.8, 4) is 0 Å². The van der Waals surface area contributed by atoms with Crippen LogP contribution in [0.2, 0.25) is 0 Å². The zero-order chi connectivity index (χ0) is 15.2. The molecule has 0 aromatic carbocycles. The number of amidine groups is 1. The number of carbonyl (C=O) groups is 1. The van der Waals surface area contributed by atoms with Gasteiger partial charge in [0.2, 0.25) is 0 Å². The van der Waals surface area contributed by atoms with Gasteiger partial charge in [-0.05, 0) is 12.8 Å². The lowest BCUT2D eigenvalue weighted by Gasteiger charge is -2.31. The first kappa shape index (κ1) is 16.3. The molecule has 1 fully saturated rings. The molecule has 116 valence electrons. The van der Waals surface area contributed by atoms with Gasteiger partial charge in [-0.1, -0.05) is 5.16 Å². The second-order valence-corrected chi connectivity index (χ2v) is 4.58. The molecule has 20 heavy (non-hydrogen) atoms. The summed E-state index contributed by atoms with van der Waals surface area (Å²) in [6.45, 7) is 0.200. The highest BCUT2D eigenvalue weighted by Crippen LogP contribution is 2.12. The van der Waals surface area contributed by atoms with E-state index in [0.29, 0.717) is 32.5 Å². The average Bonchev–Trinajstić information content (AvgIpc) is 2.38. The van der Waals surface area contributed by atoms with E-state index in [9.17, 15) is 18.0 Å². The number of rotatable bonds is 4. The van der Waals surface area contributed by atoms with E-state index in [0.717, 1.165) is 0 Å². The van der Waals surface area contributed by atoms with Crippen molar-refractivity contribution in [3.05, 3.63) is 0 Å². The molecular formula is C10H18F3N5O2. The van der Waals surface area contributed by atoms with Gasteiger partial charge in [-0.2, -0.15) is 13.2 Å². The first-order valence-electron chi connectivity index (χ1n) is 6.10. The smallest absolute Gasteiger partial charge is 0.405 e. The quantitative estimate of drug-likeness (QED) is 0.255. The highest BCUT2D eigenvalue weighted by atomic mass is 19.4. The van der Waals surface area contributed by atoms with Gasteiger partial charge in [0.05, 0.1) is 6.54 Å². The summed E-state index contributed by atoms with van der Waals surface area (Å²) in [5.74, 6) is 0.0966. The van der Waals surface area contributed by atoms with Crippen LogP contribution in [-0.4, -0.2) is 60.4 Å². The van der Waals surface area contributed by atoms with Crippen LogP contribution in [0.1, 0.15) is 12.8 Å². The number of nitrogens with one attached hydrogen (secondary N) is 2. The zero-order valence-electron chi connectivity index (χ0n) is 10.8. The minimum absolute atomic E-state index is 0.0966. The monoisotopic (exact) mass is 297 g/mol. The Kier molecular flexibility index (Phi) is 5.86. The first-order valence-corrected chi connectivity index (χ1v) is 6.10. The van der Waals surface area contributed by atoms with Crippen LogP contribution >= 0.6 is 0 Å². The minimum Gasteiger partial charge on any atom is -0.409 e. The summed E-state index contributed by atoms with van der Waals surface area (Å²) < 4.78 is 35.7. The number of urea groups is 1. The van der Waals surface area contributed by atoms with Crippen molar-refractivity contribution in [2.75, 3.05) is 26.2 Å². The second kappa shape index (κ2) is 7.17. The summed E-state index contributed by atoms with van der Waals surface area (Å²) >= 11 is 0. The molecule has 0 saturated carbocycles. The van der Waals surface area contributed by atoms with Crippen LogP contribution in [0.25, 0.3) is 0 Å². The molecular weight excluding hydrogens is 279 g/mol. The fourth-order valence-electron chi connectivity index (χ4n) is 1.91. The van der Waals surface area contributed by atoms with Crippen LogP contribution in [0, 0.1) is 0 Å². The van der Waals surface area contributed by atoms with E-state index in [1.54, 1.807) is 5.32 Å². The number of hydrogen-bond acceptors (Lipinski definition) is 4. The molecule has 5 N–H and O–H groups in total. The Balaban J connectivity index is 2.23. The maximum Gasteiger partial charge on any atom is 0.405 e. The SMILES string of the molecule is NC(CN1CCC(NC(=O)NCC(F)(F)F)CC1)=NO. The predicted octanol–water partition coefficient (Wildman–Crippen LogP) is 0.0587. The van der Waals surface area contributed by atoms with Crippen molar-refractivity contribution in [2.24, 2.45) is 10.9 Å². The number of halogens is 3. The lowest BCUT2D eigenvalue weighted by Crippen LogP contribution is -2.50. The first-order chi connectivity index (χ1) is 9.30. The molecule has 0 spiro atoms. The van der Waals surface area contributed by atoms with Gasteiger partial charge in [-0.25, -0.2) is 4.79 Å². The van der Waals surface area contributed by atoms with Crippen LogP contribution in [0.15, 0.2) is 5.16 Å². The van der Waals surface area contributed by atoms with E-state index in [4.69, 9.17) is 10.9 Å². The lowest BCUT2D eigenvalue weighted by molar-refractivity contribution is -0.122. The molecule has 7 nitrogen and oxygen atoms in total. The molecule has 10 heteroatoms. The van der Waals surface area contributed by atoms with Crippen LogP contribution < -0.4 is 16.4 Å². The van der Waals surface area contributed by atoms with Crippen LogP contribution in [0.4, 0.5) is 18.0 Å². The zero-order valence-corrected chi connectivity index (χ0v) is 10.8. The molecule has 2 amide bonds. The number of amides is 2. The van der Waals surface area contributed by atoms with Crippen molar-refractivity contribution in [3.63, 3.8) is 0 Å². The van der Waals surface area contributed by atoms with Gasteiger partial charge in [-0.3, -0.25) is 4.90 Å². The summed E-state index contributed by atoms with van der Waals surface area (Å²) in [7, 11) is 0. The van der Waals surface area contributed by atoms with E-state index in [1.807, 2.05) is 4.90 Å². The maximum atomic E-state index is 11.9. The van der Waals surface area contributed by atoms with E-state index in [2.05, 4.69) is 10.5 Å². The van der Waals surface area contributed by atoms with Crippen LogP contribution in [-0.2, 0) is 0 Å². The van der Waals surface area contributed by atoms with Gasteiger partial charge in [0, 0.05) is 19.1 Å². The van der Waals surface area contributed by atoms with Crippen molar-refractivity contribution in [1.82, 2.24) is 15.5 Å². The predicted molar refractivity (Wildman–Crippen MR) is 65.5 cm³/mol. The highest BCUT2D eigenvalue weighted by Gasteiger charge is 2.28. The molecule has 0 atom stereocenters. The summed E-state index contributed by atoms with van der Waals surface area (Å²) in [4.78, 5) is 13.2. The molecule has 1 aliphatic rings. The molecule has 0 aromatic rings. The number of alkyl halides is 3. The lowest BCUT2D eigenvalue weighted by atomic mass is 10.1. The average molecular weight is 297 g/mol. The highest BCUT2D eigenvalue weighted by molar-refractivity contribution is 5.81. The Morgan fingerprint density at radius 2 is 2.00 bits per heavy atom. The number of likely N-dealkylation sites (tertiary alicyclic amines) is 1. The molecule has 1 aliphatic heterocycles. The number of carbonyl (C=O) groups excluding carboxylic acids is 1. The van der Waals surface area contributed by atoms with Gasteiger partial charge in [0.25, 0.3) is 0 Å². The molecule has 1 heterocycles. The molecule has 1 rings (SSSR count). The number of oxime groups is 1. The standard InChI is InChI=1S/C10H18F3N5O2/c11-10(12,13)6-15-9(19)16-7-1-3-18(4-2-7)5-8(14)17-20/h7,20H,1-6H2,(H2,14,17)(H2,15,16,19). The van der Waals surface area contributed by atoms with Gasteiger partial charge in [0.1, 0.15) is 6.54 Å².